The first-order chi connectivity index (χ1) is 9.27. The molecule has 6 heteroatoms. The van der Waals surface area contributed by atoms with Crippen molar-refractivity contribution >= 4 is 9.84 Å². The number of nitrogens with one attached hydrogen (secondary N) is 1. The van der Waals surface area contributed by atoms with E-state index in [4.69, 9.17) is 0 Å². The molecule has 1 aliphatic rings. The van der Waals surface area contributed by atoms with Crippen LogP contribution < -0.4 is 5.32 Å². The van der Waals surface area contributed by atoms with Crippen LogP contribution in [-0.4, -0.2) is 32.9 Å². The number of hydrogen-bond donors (Lipinski definition) is 2. The summed E-state index contributed by atoms with van der Waals surface area (Å²) in [7, 11) is -3.53. The highest BCUT2D eigenvalue weighted by atomic mass is 32.2. The maximum atomic E-state index is 13.8. The lowest BCUT2D eigenvalue weighted by Gasteiger charge is -2.19. The zero-order valence-corrected chi connectivity index (χ0v) is 12.5. The van der Waals surface area contributed by atoms with Crippen LogP contribution in [0.3, 0.4) is 0 Å². The summed E-state index contributed by atoms with van der Waals surface area (Å²) < 4.78 is 36.5. The highest BCUT2D eigenvalue weighted by molar-refractivity contribution is 7.90. The molecule has 1 atom stereocenters. The monoisotopic (exact) mass is 301 g/mol. The molecule has 0 amide bonds. The summed E-state index contributed by atoms with van der Waals surface area (Å²) in [5.41, 5.74) is 0.683. The Morgan fingerprint density at radius 1 is 1.45 bits per heavy atom. The molecule has 0 aliphatic heterocycles. The number of aliphatic hydroxyl groups excluding tert-OH is 1. The van der Waals surface area contributed by atoms with Gasteiger partial charge in [0.05, 0.1) is 0 Å². The quantitative estimate of drug-likeness (QED) is 0.838. The Hall–Kier alpha value is -0.980. The van der Waals surface area contributed by atoms with E-state index in [1.165, 1.54) is 12.1 Å². The summed E-state index contributed by atoms with van der Waals surface area (Å²) in [6.45, 7) is 2.73. The van der Waals surface area contributed by atoms with Crippen molar-refractivity contribution in [1.82, 2.24) is 5.32 Å². The molecule has 112 valence electrons. The Balaban J connectivity index is 2.07. The standard InChI is InChI=1S/C14H20FNO3S/c1-10(16-8-14(9-17)5-6-14)11-3-4-13(12(15)7-11)20(2,18)19/h3-4,7,10,16-17H,5-6,8-9H2,1-2H3. The Kier molecular flexibility index (Phi) is 4.18. The van der Waals surface area contributed by atoms with Crippen LogP contribution in [0, 0.1) is 11.2 Å². The summed E-state index contributed by atoms with van der Waals surface area (Å²) in [5.74, 6) is -0.720. The number of benzene rings is 1. The first kappa shape index (κ1) is 15.4. The van der Waals surface area contributed by atoms with Gasteiger partial charge in [0.1, 0.15) is 10.7 Å². The number of hydrogen-bond acceptors (Lipinski definition) is 4. The van der Waals surface area contributed by atoms with Crippen molar-refractivity contribution in [2.45, 2.75) is 30.7 Å². The van der Waals surface area contributed by atoms with Crippen LogP contribution in [0.5, 0.6) is 0 Å². The molecule has 0 heterocycles. The number of sulfone groups is 1. The molecule has 1 saturated carbocycles. The van der Waals surface area contributed by atoms with Crippen molar-refractivity contribution < 1.29 is 17.9 Å². The van der Waals surface area contributed by atoms with Crippen molar-refractivity contribution in [2.24, 2.45) is 5.41 Å². The van der Waals surface area contributed by atoms with E-state index in [1.54, 1.807) is 6.07 Å². The predicted molar refractivity (Wildman–Crippen MR) is 74.7 cm³/mol. The maximum Gasteiger partial charge on any atom is 0.178 e. The van der Waals surface area contributed by atoms with Gasteiger partial charge in [-0.05, 0) is 37.5 Å². The van der Waals surface area contributed by atoms with Gasteiger partial charge in [0.25, 0.3) is 0 Å². The van der Waals surface area contributed by atoms with Crippen molar-refractivity contribution in [3.63, 3.8) is 0 Å². The van der Waals surface area contributed by atoms with Gasteiger partial charge in [-0.2, -0.15) is 0 Å². The molecule has 1 unspecified atom stereocenters. The van der Waals surface area contributed by atoms with Gasteiger partial charge in [-0.25, -0.2) is 12.8 Å². The molecular formula is C14H20FNO3S. The van der Waals surface area contributed by atoms with Gasteiger partial charge < -0.3 is 10.4 Å². The predicted octanol–water partition coefficient (Wildman–Crippen LogP) is 1.65. The van der Waals surface area contributed by atoms with E-state index >= 15 is 0 Å². The molecular weight excluding hydrogens is 281 g/mol. The van der Waals surface area contributed by atoms with E-state index in [1.807, 2.05) is 6.92 Å². The SMILES string of the molecule is CC(NCC1(CO)CC1)c1ccc(S(C)(=O)=O)c(F)c1. The highest BCUT2D eigenvalue weighted by Gasteiger charge is 2.41. The molecule has 4 nitrogen and oxygen atoms in total. The molecule has 0 aromatic heterocycles. The van der Waals surface area contributed by atoms with Crippen molar-refractivity contribution in [3.8, 4) is 0 Å². The van der Waals surface area contributed by atoms with Crippen LogP contribution >= 0.6 is 0 Å². The largest absolute Gasteiger partial charge is 0.396 e. The minimum Gasteiger partial charge on any atom is -0.396 e. The van der Waals surface area contributed by atoms with Crippen LogP contribution in [0.15, 0.2) is 23.1 Å². The first-order valence-electron chi connectivity index (χ1n) is 6.61. The van der Waals surface area contributed by atoms with Crippen molar-refractivity contribution in [2.75, 3.05) is 19.4 Å². The lowest BCUT2D eigenvalue weighted by molar-refractivity contribution is 0.204. The van der Waals surface area contributed by atoms with Gasteiger partial charge in [0, 0.05) is 30.9 Å². The van der Waals surface area contributed by atoms with E-state index < -0.39 is 15.7 Å². The third-order valence-electron chi connectivity index (χ3n) is 3.93. The fraction of sp³-hybridized carbons (Fsp3) is 0.571. The molecule has 2 N–H and O–H groups in total. The van der Waals surface area contributed by atoms with Crippen LogP contribution in [0.25, 0.3) is 0 Å². The average Bonchev–Trinajstić information content (AvgIpc) is 3.15. The van der Waals surface area contributed by atoms with Gasteiger partial charge >= 0.3 is 0 Å². The Bertz CT molecular complexity index is 596. The number of halogens is 1. The molecule has 2 rings (SSSR count). The Morgan fingerprint density at radius 3 is 2.55 bits per heavy atom. The number of aliphatic hydroxyl groups is 1. The first-order valence-corrected chi connectivity index (χ1v) is 8.50. The summed E-state index contributed by atoms with van der Waals surface area (Å²) in [6.07, 6.45) is 3.00. The molecule has 0 radical (unpaired) electrons. The zero-order chi connectivity index (χ0) is 15.0. The summed E-state index contributed by atoms with van der Waals surface area (Å²) in [6, 6.07) is 4.08. The summed E-state index contributed by atoms with van der Waals surface area (Å²) in [4.78, 5) is -0.275. The minimum absolute atomic E-state index is 0.0144. The molecule has 0 bridgehead atoms. The molecule has 1 aliphatic carbocycles. The Morgan fingerprint density at radius 2 is 2.10 bits per heavy atom. The normalized spacial score (nSPS) is 18.8. The van der Waals surface area contributed by atoms with E-state index in [0.717, 1.165) is 19.1 Å². The third-order valence-corrected chi connectivity index (χ3v) is 5.06. The fourth-order valence-corrected chi connectivity index (χ4v) is 2.87. The van der Waals surface area contributed by atoms with Gasteiger partial charge in [0.15, 0.2) is 9.84 Å². The van der Waals surface area contributed by atoms with Gasteiger partial charge in [-0.1, -0.05) is 6.07 Å². The molecule has 0 spiro atoms. The van der Waals surface area contributed by atoms with E-state index in [2.05, 4.69) is 5.32 Å². The van der Waals surface area contributed by atoms with Crippen LogP contribution in [0.4, 0.5) is 4.39 Å². The maximum absolute atomic E-state index is 13.8. The minimum atomic E-state index is -3.53. The second-order valence-electron chi connectivity index (χ2n) is 5.72. The van der Waals surface area contributed by atoms with Gasteiger partial charge in [-0.3, -0.25) is 0 Å². The third kappa shape index (κ3) is 3.37. The summed E-state index contributed by atoms with van der Waals surface area (Å²) in [5, 5.41) is 12.5. The fourth-order valence-electron chi connectivity index (χ4n) is 2.14. The molecule has 1 aromatic rings. The second-order valence-corrected chi connectivity index (χ2v) is 7.71. The zero-order valence-electron chi connectivity index (χ0n) is 11.7. The van der Waals surface area contributed by atoms with E-state index in [-0.39, 0.29) is 23.0 Å². The lowest BCUT2D eigenvalue weighted by Crippen LogP contribution is -2.28. The number of rotatable bonds is 6. The van der Waals surface area contributed by atoms with Crippen molar-refractivity contribution in [3.05, 3.63) is 29.6 Å². The molecule has 1 fully saturated rings. The smallest absolute Gasteiger partial charge is 0.178 e. The van der Waals surface area contributed by atoms with Crippen LogP contribution in [-0.2, 0) is 9.84 Å². The van der Waals surface area contributed by atoms with Crippen molar-refractivity contribution in [1.29, 1.82) is 0 Å². The van der Waals surface area contributed by atoms with Crippen LogP contribution in [0.2, 0.25) is 0 Å². The second kappa shape index (κ2) is 5.42. The lowest BCUT2D eigenvalue weighted by atomic mass is 10.1. The molecule has 20 heavy (non-hydrogen) atoms. The average molecular weight is 301 g/mol. The summed E-state index contributed by atoms with van der Waals surface area (Å²) >= 11 is 0. The highest BCUT2D eigenvalue weighted by Crippen LogP contribution is 2.44. The van der Waals surface area contributed by atoms with Crippen LogP contribution in [0.1, 0.15) is 31.4 Å². The molecule has 1 aromatic carbocycles. The van der Waals surface area contributed by atoms with Gasteiger partial charge in [0.2, 0.25) is 0 Å². The topological polar surface area (TPSA) is 66.4 Å². The van der Waals surface area contributed by atoms with E-state index in [9.17, 15) is 17.9 Å². The van der Waals surface area contributed by atoms with E-state index in [0.29, 0.717) is 12.1 Å². The van der Waals surface area contributed by atoms with Gasteiger partial charge in [-0.15, -0.1) is 0 Å². The molecule has 0 saturated heterocycles. The Labute approximate surface area is 118 Å².